The molecule has 4 rings (SSSR count). The highest BCUT2D eigenvalue weighted by atomic mass is 19.1. The minimum atomic E-state index is -0.859. The zero-order valence-corrected chi connectivity index (χ0v) is 20.5. The molecular formula is C26H29FN4O5. The number of halogens is 1. The van der Waals surface area contributed by atoms with Gasteiger partial charge in [0.2, 0.25) is 0 Å². The Balaban J connectivity index is 1.50. The normalized spacial score (nSPS) is 17.2. The number of benzene rings is 1. The van der Waals surface area contributed by atoms with E-state index in [1.165, 1.54) is 18.2 Å². The lowest BCUT2D eigenvalue weighted by atomic mass is 10.0. The average molecular weight is 497 g/mol. The highest BCUT2D eigenvalue weighted by Gasteiger charge is 2.29. The predicted octanol–water partition coefficient (Wildman–Crippen LogP) is 2.59. The molecule has 2 aliphatic heterocycles. The van der Waals surface area contributed by atoms with E-state index in [-0.39, 0.29) is 30.0 Å². The van der Waals surface area contributed by atoms with Crippen molar-refractivity contribution in [3.8, 4) is 0 Å². The van der Waals surface area contributed by atoms with Crippen LogP contribution in [0.5, 0.6) is 0 Å². The van der Waals surface area contributed by atoms with Crippen LogP contribution in [0.2, 0.25) is 0 Å². The van der Waals surface area contributed by atoms with Gasteiger partial charge in [-0.15, -0.1) is 0 Å². The SMILES string of the molecule is CCOC(CNC(=O)c1c(C)[nH]c(/C=C2\C(=O)Nc3ccc(F)cc32)c1C)C(=O)N1CCC(=O)CC1. The summed E-state index contributed by atoms with van der Waals surface area (Å²) >= 11 is 0. The number of anilines is 1. The van der Waals surface area contributed by atoms with Crippen molar-refractivity contribution in [1.82, 2.24) is 15.2 Å². The molecule has 190 valence electrons. The molecule has 1 aromatic heterocycles. The minimum absolute atomic E-state index is 0.0223. The zero-order valence-electron chi connectivity index (χ0n) is 20.5. The number of fused-ring (bicyclic) bond motifs is 1. The van der Waals surface area contributed by atoms with Crippen LogP contribution in [0.3, 0.4) is 0 Å². The Labute approximate surface area is 208 Å². The maximum absolute atomic E-state index is 13.8. The van der Waals surface area contributed by atoms with Crippen LogP contribution < -0.4 is 10.6 Å². The monoisotopic (exact) mass is 496 g/mol. The van der Waals surface area contributed by atoms with Gasteiger partial charge in [-0.3, -0.25) is 19.2 Å². The first kappa shape index (κ1) is 25.3. The average Bonchev–Trinajstić information content (AvgIpc) is 3.30. The third-order valence-electron chi connectivity index (χ3n) is 6.48. The molecule has 9 nitrogen and oxygen atoms in total. The first-order valence-corrected chi connectivity index (χ1v) is 11.9. The summed E-state index contributed by atoms with van der Waals surface area (Å²) in [5.41, 5.74) is 3.42. The van der Waals surface area contributed by atoms with Crippen molar-refractivity contribution < 1.29 is 28.3 Å². The lowest BCUT2D eigenvalue weighted by Gasteiger charge is -2.29. The first-order chi connectivity index (χ1) is 17.2. The number of carbonyl (C=O) groups excluding carboxylic acids is 4. The van der Waals surface area contributed by atoms with Crippen LogP contribution in [0.25, 0.3) is 11.6 Å². The van der Waals surface area contributed by atoms with Gasteiger partial charge in [0.25, 0.3) is 17.7 Å². The number of ether oxygens (including phenoxy) is 1. The van der Waals surface area contributed by atoms with Gasteiger partial charge in [0.1, 0.15) is 11.6 Å². The molecule has 10 heteroatoms. The van der Waals surface area contributed by atoms with E-state index in [9.17, 15) is 23.6 Å². The number of hydrogen-bond donors (Lipinski definition) is 3. The van der Waals surface area contributed by atoms with E-state index in [1.807, 2.05) is 0 Å². The number of ketones is 1. The summed E-state index contributed by atoms with van der Waals surface area (Å²) in [5.74, 6) is -1.32. The smallest absolute Gasteiger partial charge is 0.256 e. The second kappa shape index (κ2) is 10.4. The molecule has 0 spiro atoms. The minimum Gasteiger partial charge on any atom is -0.367 e. The van der Waals surface area contributed by atoms with Gasteiger partial charge in [-0.2, -0.15) is 0 Å². The number of hydrogen-bond acceptors (Lipinski definition) is 5. The Morgan fingerprint density at radius 1 is 1.22 bits per heavy atom. The number of nitrogens with zero attached hydrogens (tertiary/aromatic N) is 1. The van der Waals surface area contributed by atoms with Crippen molar-refractivity contribution in [2.75, 3.05) is 31.6 Å². The second-order valence-electron chi connectivity index (χ2n) is 8.88. The van der Waals surface area contributed by atoms with Gasteiger partial charge in [-0.1, -0.05) is 0 Å². The van der Waals surface area contributed by atoms with E-state index in [0.717, 1.165) is 0 Å². The van der Waals surface area contributed by atoms with Gasteiger partial charge in [-0.25, -0.2) is 4.39 Å². The second-order valence-corrected chi connectivity index (χ2v) is 8.88. The molecule has 0 saturated carbocycles. The number of nitrogens with one attached hydrogen (secondary N) is 3. The predicted molar refractivity (Wildman–Crippen MR) is 132 cm³/mol. The highest BCUT2D eigenvalue weighted by Crippen LogP contribution is 2.34. The Hall–Kier alpha value is -3.79. The van der Waals surface area contributed by atoms with Crippen molar-refractivity contribution in [3.05, 3.63) is 52.1 Å². The molecule has 0 aliphatic carbocycles. The van der Waals surface area contributed by atoms with Crippen LogP contribution in [0.1, 0.15) is 52.6 Å². The molecule has 1 aromatic carbocycles. The number of Topliss-reactive ketones (excluding diaryl/α,β-unsaturated/α-hetero) is 1. The number of amides is 3. The quantitative estimate of drug-likeness (QED) is 0.509. The fourth-order valence-electron chi connectivity index (χ4n) is 4.58. The van der Waals surface area contributed by atoms with Crippen molar-refractivity contribution >= 4 is 40.8 Å². The summed E-state index contributed by atoms with van der Waals surface area (Å²) in [6, 6.07) is 4.08. The molecule has 3 N–H and O–H groups in total. The number of aromatic nitrogens is 1. The number of H-pyrrole nitrogens is 1. The van der Waals surface area contributed by atoms with Gasteiger partial charge in [-0.05, 0) is 50.6 Å². The summed E-state index contributed by atoms with van der Waals surface area (Å²) < 4.78 is 19.4. The number of carbonyl (C=O) groups is 4. The number of aromatic amines is 1. The first-order valence-electron chi connectivity index (χ1n) is 11.9. The van der Waals surface area contributed by atoms with E-state index in [4.69, 9.17) is 4.74 Å². The molecule has 1 saturated heterocycles. The molecule has 1 unspecified atom stereocenters. The number of likely N-dealkylation sites (tertiary alicyclic amines) is 1. The number of rotatable bonds is 7. The largest absolute Gasteiger partial charge is 0.367 e. The summed E-state index contributed by atoms with van der Waals surface area (Å²) in [6.07, 6.45) is 1.39. The topological polar surface area (TPSA) is 121 Å². The maximum Gasteiger partial charge on any atom is 0.256 e. The van der Waals surface area contributed by atoms with Crippen LogP contribution >= 0.6 is 0 Å². The van der Waals surface area contributed by atoms with Crippen molar-refractivity contribution in [2.45, 2.75) is 39.7 Å². The molecule has 3 heterocycles. The molecular weight excluding hydrogens is 467 g/mol. The molecule has 2 aromatic rings. The highest BCUT2D eigenvalue weighted by molar-refractivity contribution is 6.34. The van der Waals surface area contributed by atoms with E-state index in [1.54, 1.807) is 31.7 Å². The zero-order chi connectivity index (χ0) is 26.0. The molecule has 1 fully saturated rings. The fourth-order valence-corrected chi connectivity index (χ4v) is 4.58. The van der Waals surface area contributed by atoms with Crippen LogP contribution in [0, 0.1) is 19.7 Å². The lowest BCUT2D eigenvalue weighted by Crippen LogP contribution is -2.49. The van der Waals surface area contributed by atoms with Gasteiger partial charge in [0.05, 0.1) is 17.7 Å². The van der Waals surface area contributed by atoms with E-state index < -0.39 is 11.9 Å². The Morgan fingerprint density at radius 3 is 2.64 bits per heavy atom. The molecule has 1 atom stereocenters. The molecule has 36 heavy (non-hydrogen) atoms. The van der Waals surface area contributed by atoms with Gasteiger partial charge in [0.15, 0.2) is 6.10 Å². The van der Waals surface area contributed by atoms with Crippen molar-refractivity contribution in [1.29, 1.82) is 0 Å². The van der Waals surface area contributed by atoms with Gasteiger partial charge >= 0.3 is 0 Å². The summed E-state index contributed by atoms with van der Waals surface area (Å²) in [7, 11) is 0. The van der Waals surface area contributed by atoms with Crippen LogP contribution in [0.4, 0.5) is 10.1 Å². The van der Waals surface area contributed by atoms with Gasteiger partial charge in [0, 0.05) is 55.2 Å². The van der Waals surface area contributed by atoms with Crippen molar-refractivity contribution in [3.63, 3.8) is 0 Å². The third-order valence-corrected chi connectivity index (χ3v) is 6.48. The molecule has 0 bridgehead atoms. The summed E-state index contributed by atoms with van der Waals surface area (Å²) in [5, 5.41) is 5.49. The maximum atomic E-state index is 13.8. The summed E-state index contributed by atoms with van der Waals surface area (Å²) in [6.45, 7) is 6.23. The third kappa shape index (κ3) is 5.08. The fraction of sp³-hybridized carbons (Fsp3) is 0.385. The molecule has 0 radical (unpaired) electrons. The Morgan fingerprint density at radius 2 is 1.94 bits per heavy atom. The van der Waals surface area contributed by atoms with E-state index >= 15 is 0 Å². The van der Waals surface area contributed by atoms with Crippen LogP contribution in [0.15, 0.2) is 18.2 Å². The van der Waals surface area contributed by atoms with Crippen molar-refractivity contribution in [2.24, 2.45) is 0 Å². The summed E-state index contributed by atoms with van der Waals surface area (Å²) in [4.78, 5) is 54.7. The Bertz CT molecular complexity index is 1260. The molecule has 2 aliphatic rings. The standard InChI is InChI=1S/C26H29FN4O5/c1-4-36-22(26(35)31-9-7-17(32)8-10-31)13-28-25(34)23-14(2)21(29-15(23)3)12-19-18-11-16(27)5-6-20(18)30-24(19)33/h5-6,11-12,22,29H,4,7-10,13H2,1-3H3,(H,28,34)(H,30,33)/b19-12-. The lowest BCUT2D eigenvalue weighted by molar-refractivity contribution is -0.145. The van der Waals surface area contributed by atoms with E-state index in [0.29, 0.717) is 71.9 Å². The number of aryl methyl sites for hydroxylation is 1. The molecule has 3 amide bonds. The Kier molecular flexibility index (Phi) is 7.35. The van der Waals surface area contributed by atoms with Crippen LogP contribution in [-0.2, 0) is 19.1 Å². The van der Waals surface area contributed by atoms with Crippen LogP contribution in [-0.4, -0.2) is 65.7 Å². The van der Waals surface area contributed by atoms with E-state index in [2.05, 4.69) is 15.6 Å². The van der Waals surface area contributed by atoms with Gasteiger partial charge < -0.3 is 25.3 Å². The number of piperidine rings is 1.